The van der Waals surface area contributed by atoms with Crippen molar-refractivity contribution in [2.24, 2.45) is 0 Å². The first kappa shape index (κ1) is 23.5. The van der Waals surface area contributed by atoms with E-state index >= 15 is 0 Å². The third kappa shape index (κ3) is 6.22. The number of hydrogen-bond donors (Lipinski definition) is 3. The Bertz CT molecular complexity index is 1150. The molecule has 2 amide bonds. The minimum Gasteiger partial charge on any atom is -0.371 e. The molecule has 0 bridgehead atoms. The molecule has 1 aliphatic heterocycles. The normalized spacial score (nSPS) is 14.7. The maximum absolute atomic E-state index is 12.6. The van der Waals surface area contributed by atoms with Gasteiger partial charge in [0.2, 0.25) is 5.91 Å². The molecule has 1 aliphatic rings. The number of fused-ring (bicyclic) bond motifs is 1. The molecule has 3 aromatic rings. The van der Waals surface area contributed by atoms with Crippen LogP contribution in [0.25, 0.3) is 0 Å². The van der Waals surface area contributed by atoms with Crippen LogP contribution >= 0.6 is 35.0 Å². The highest BCUT2D eigenvalue weighted by atomic mass is 35.5. The van der Waals surface area contributed by atoms with Crippen LogP contribution in [0.5, 0.6) is 0 Å². The molecule has 0 aromatic heterocycles. The highest BCUT2D eigenvalue weighted by Gasteiger charge is 2.26. The van der Waals surface area contributed by atoms with Crippen molar-refractivity contribution in [2.75, 3.05) is 22.9 Å². The van der Waals surface area contributed by atoms with Gasteiger partial charge < -0.3 is 16.0 Å². The van der Waals surface area contributed by atoms with E-state index in [4.69, 9.17) is 23.2 Å². The molecule has 0 fully saturated rings. The fourth-order valence-electron chi connectivity index (χ4n) is 3.48. The van der Waals surface area contributed by atoms with E-state index in [1.54, 1.807) is 23.9 Å². The van der Waals surface area contributed by atoms with Crippen molar-refractivity contribution in [1.29, 1.82) is 0 Å². The minimum atomic E-state index is -0.357. The third-order valence-electron chi connectivity index (χ3n) is 5.30. The zero-order chi connectivity index (χ0) is 23.2. The van der Waals surface area contributed by atoms with Gasteiger partial charge in [-0.25, -0.2) is 0 Å². The van der Waals surface area contributed by atoms with Gasteiger partial charge in [-0.3, -0.25) is 9.59 Å². The van der Waals surface area contributed by atoms with E-state index in [2.05, 4.69) is 16.0 Å². The smallest absolute Gasteiger partial charge is 0.251 e. The van der Waals surface area contributed by atoms with E-state index < -0.39 is 0 Å². The number of hydrogen-bond acceptors (Lipinski definition) is 4. The van der Waals surface area contributed by atoms with Crippen LogP contribution in [0, 0.1) is 0 Å². The Morgan fingerprint density at radius 3 is 2.58 bits per heavy atom. The molecule has 8 heteroatoms. The summed E-state index contributed by atoms with van der Waals surface area (Å²) in [6.45, 7) is 0.507. The van der Waals surface area contributed by atoms with Crippen LogP contribution in [-0.4, -0.2) is 30.2 Å². The second kappa shape index (κ2) is 11.0. The van der Waals surface area contributed by atoms with Crippen LogP contribution in [-0.2, 0) is 17.0 Å². The average Bonchev–Trinajstić information content (AvgIpc) is 2.81. The van der Waals surface area contributed by atoms with Gasteiger partial charge in [0.25, 0.3) is 5.91 Å². The molecule has 0 radical (unpaired) electrons. The Morgan fingerprint density at radius 2 is 1.79 bits per heavy atom. The monoisotopic (exact) mass is 499 g/mol. The third-order valence-corrected chi connectivity index (χ3v) is 7.00. The standard InChI is InChI=1S/C25H23Cl2N3O2S/c26-19-8-5-16(6-9-19)11-12-28-24(31)17-7-10-21-22(13-17)30-25(32)23(29-21)15-33-14-18-3-1-2-4-20(18)27/h1-10,13,23,29H,11-12,14-15H2,(H,28,31)(H,30,32)/t23-/m0/s1. The molecular weight excluding hydrogens is 477 g/mol. The van der Waals surface area contributed by atoms with Crippen molar-refractivity contribution >= 4 is 58.2 Å². The second-order valence-electron chi connectivity index (χ2n) is 7.69. The SMILES string of the molecule is O=C(NCCc1ccc(Cl)cc1)c1ccc2c(c1)NC(=O)[C@H](CSCc1ccccc1Cl)N2. The predicted octanol–water partition coefficient (Wildman–Crippen LogP) is 5.63. The number of benzene rings is 3. The molecule has 0 saturated heterocycles. The summed E-state index contributed by atoms with van der Waals surface area (Å²) in [7, 11) is 0. The lowest BCUT2D eigenvalue weighted by Crippen LogP contribution is -2.40. The van der Waals surface area contributed by atoms with Gasteiger partial charge in [0.15, 0.2) is 0 Å². The van der Waals surface area contributed by atoms with E-state index in [-0.39, 0.29) is 17.9 Å². The molecule has 170 valence electrons. The number of nitrogens with one attached hydrogen (secondary N) is 3. The first-order valence-electron chi connectivity index (χ1n) is 10.5. The Morgan fingerprint density at radius 1 is 1.00 bits per heavy atom. The van der Waals surface area contributed by atoms with Gasteiger partial charge in [-0.05, 0) is 53.9 Å². The lowest BCUT2D eigenvalue weighted by Gasteiger charge is -2.27. The molecule has 0 unspecified atom stereocenters. The number of carbonyl (C=O) groups is 2. The number of rotatable bonds is 8. The summed E-state index contributed by atoms with van der Waals surface area (Å²) in [5.41, 5.74) is 4.06. The largest absolute Gasteiger partial charge is 0.371 e. The quantitative estimate of drug-likeness (QED) is 0.375. The van der Waals surface area contributed by atoms with Gasteiger partial charge in [0.1, 0.15) is 6.04 Å². The van der Waals surface area contributed by atoms with E-state index in [0.717, 1.165) is 27.6 Å². The van der Waals surface area contributed by atoms with Gasteiger partial charge in [-0.2, -0.15) is 11.8 Å². The van der Waals surface area contributed by atoms with Gasteiger partial charge in [-0.1, -0.05) is 53.5 Å². The van der Waals surface area contributed by atoms with E-state index in [9.17, 15) is 9.59 Å². The molecule has 5 nitrogen and oxygen atoms in total. The fourth-order valence-corrected chi connectivity index (χ4v) is 4.95. The summed E-state index contributed by atoms with van der Waals surface area (Å²) in [5.74, 6) is 1.03. The van der Waals surface area contributed by atoms with Crippen molar-refractivity contribution in [1.82, 2.24) is 5.32 Å². The van der Waals surface area contributed by atoms with E-state index in [1.165, 1.54) is 0 Å². The lowest BCUT2D eigenvalue weighted by molar-refractivity contribution is -0.116. The predicted molar refractivity (Wildman–Crippen MR) is 138 cm³/mol. The van der Waals surface area contributed by atoms with Crippen LogP contribution < -0.4 is 16.0 Å². The molecule has 33 heavy (non-hydrogen) atoms. The Hall–Kier alpha value is -2.67. The topological polar surface area (TPSA) is 70.2 Å². The van der Waals surface area contributed by atoms with Gasteiger partial charge in [0.05, 0.1) is 11.4 Å². The Balaban J connectivity index is 1.30. The first-order chi connectivity index (χ1) is 16.0. The Kier molecular flexibility index (Phi) is 7.81. The minimum absolute atomic E-state index is 0.116. The van der Waals surface area contributed by atoms with Crippen LogP contribution in [0.2, 0.25) is 10.0 Å². The zero-order valence-electron chi connectivity index (χ0n) is 17.7. The molecule has 0 aliphatic carbocycles. The van der Waals surface area contributed by atoms with E-state index in [1.807, 2.05) is 54.6 Å². The summed E-state index contributed by atoms with van der Waals surface area (Å²) < 4.78 is 0. The highest BCUT2D eigenvalue weighted by Crippen LogP contribution is 2.29. The van der Waals surface area contributed by atoms with Crippen molar-refractivity contribution in [3.05, 3.63) is 93.5 Å². The number of anilines is 2. The maximum Gasteiger partial charge on any atom is 0.251 e. The van der Waals surface area contributed by atoms with Gasteiger partial charge >= 0.3 is 0 Å². The van der Waals surface area contributed by atoms with Crippen molar-refractivity contribution in [3.63, 3.8) is 0 Å². The summed E-state index contributed by atoms with van der Waals surface area (Å²) in [5, 5.41) is 10.5. The van der Waals surface area contributed by atoms with Crippen LogP contribution in [0.3, 0.4) is 0 Å². The molecule has 3 N–H and O–H groups in total. The van der Waals surface area contributed by atoms with Crippen molar-refractivity contribution in [2.45, 2.75) is 18.2 Å². The van der Waals surface area contributed by atoms with Gasteiger partial charge in [0, 0.05) is 33.7 Å². The van der Waals surface area contributed by atoms with Crippen molar-refractivity contribution in [3.8, 4) is 0 Å². The molecule has 1 heterocycles. The summed E-state index contributed by atoms with van der Waals surface area (Å²) in [6, 6.07) is 20.2. The van der Waals surface area contributed by atoms with Gasteiger partial charge in [-0.15, -0.1) is 0 Å². The number of halogens is 2. The molecule has 1 atom stereocenters. The first-order valence-corrected chi connectivity index (χ1v) is 12.5. The summed E-state index contributed by atoms with van der Waals surface area (Å²) in [4.78, 5) is 25.1. The van der Waals surface area contributed by atoms with Crippen LogP contribution in [0.4, 0.5) is 11.4 Å². The molecular formula is C25H23Cl2N3O2S. The van der Waals surface area contributed by atoms with E-state index in [0.29, 0.717) is 35.0 Å². The average molecular weight is 500 g/mol. The molecule has 3 aromatic carbocycles. The highest BCUT2D eigenvalue weighted by molar-refractivity contribution is 7.98. The summed E-state index contributed by atoms with van der Waals surface area (Å²) >= 11 is 13.7. The zero-order valence-corrected chi connectivity index (χ0v) is 20.1. The fraction of sp³-hybridized carbons (Fsp3) is 0.200. The maximum atomic E-state index is 12.6. The lowest BCUT2D eigenvalue weighted by atomic mass is 10.1. The second-order valence-corrected chi connectivity index (χ2v) is 9.56. The molecule has 0 saturated carbocycles. The van der Waals surface area contributed by atoms with Crippen LogP contribution in [0.15, 0.2) is 66.7 Å². The molecule has 0 spiro atoms. The Labute approximate surface area is 207 Å². The number of thioether (sulfide) groups is 1. The number of amides is 2. The van der Waals surface area contributed by atoms with Crippen molar-refractivity contribution < 1.29 is 9.59 Å². The van der Waals surface area contributed by atoms with Crippen LogP contribution in [0.1, 0.15) is 21.5 Å². The number of carbonyl (C=O) groups excluding carboxylic acids is 2. The summed E-state index contributed by atoms with van der Waals surface area (Å²) in [6.07, 6.45) is 0.708. The molecule has 4 rings (SSSR count).